The van der Waals surface area contributed by atoms with Crippen LogP contribution in [0.5, 0.6) is 5.75 Å². The molecule has 3 rings (SSSR count). The highest BCUT2D eigenvalue weighted by Gasteiger charge is 2.32. The molecule has 0 aromatic heterocycles. The fraction of sp³-hybridized carbons (Fsp3) is 0.647. The average molecular weight is 323 g/mol. The molecule has 1 N–H and O–H groups in total. The molecule has 0 amide bonds. The highest BCUT2D eigenvalue weighted by atomic mass is 32.2. The Bertz CT molecular complexity index is 582. The number of rotatable bonds is 6. The molecule has 1 heterocycles. The molecular formula is C17H25NO3S. The van der Waals surface area contributed by atoms with Gasteiger partial charge in [-0.1, -0.05) is 31.4 Å². The largest absolute Gasteiger partial charge is 0.491 e. The summed E-state index contributed by atoms with van der Waals surface area (Å²) in [4.78, 5) is 0. The van der Waals surface area contributed by atoms with E-state index in [0.717, 1.165) is 17.9 Å². The Morgan fingerprint density at radius 1 is 1.09 bits per heavy atom. The minimum absolute atomic E-state index is 0.281. The van der Waals surface area contributed by atoms with E-state index in [4.69, 9.17) is 4.74 Å². The van der Waals surface area contributed by atoms with Gasteiger partial charge in [-0.15, -0.1) is 0 Å². The first-order chi connectivity index (χ1) is 10.6. The lowest BCUT2D eigenvalue weighted by molar-refractivity contribution is 0.286. The Morgan fingerprint density at radius 3 is 2.55 bits per heavy atom. The lowest BCUT2D eigenvalue weighted by Crippen LogP contribution is -2.37. The maximum atomic E-state index is 11.2. The monoisotopic (exact) mass is 323 g/mol. The summed E-state index contributed by atoms with van der Waals surface area (Å²) >= 11 is 0. The topological polar surface area (TPSA) is 55.4 Å². The Kier molecular flexibility index (Phi) is 4.91. The van der Waals surface area contributed by atoms with Crippen molar-refractivity contribution in [2.45, 2.75) is 44.6 Å². The van der Waals surface area contributed by atoms with E-state index in [1.54, 1.807) is 0 Å². The summed E-state index contributed by atoms with van der Waals surface area (Å²) in [6.07, 6.45) is 7.23. The van der Waals surface area contributed by atoms with Gasteiger partial charge < -0.3 is 10.1 Å². The van der Waals surface area contributed by atoms with Crippen molar-refractivity contribution in [3.63, 3.8) is 0 Å². The van der Waals surface area contributed by atoms with Gasteiger partial charge in [-0.25, -0.2) is 8.42 Å². The third-order valence-corrected chi connectivity index (χ3v) is 6.57. The average Bonchev–Trinajstić information content (AvgIpc) is 2.48. The molecular weight excluding hydrogens is 298 g/mol. The van der Waals surface area contributed by atoms with E-state index in [9.17, 15) is 8.42 Å². The molecule has 1 aromatic carbocycles. The zero-order chi connectivity index (χ0) is 15.4. The lowest BCUT2D eigenvalue weighted by atomic mass is 9.95. The van der Waals surface area contributed by atoms with Crippen LogP contribution >= 0.6 is 0 Å². The van der Waals surface area contributed by atoms with Gasteiger partial charge in [0, 0.05) is 6.04 Å². The van der Waals surface area contributed by atoms with Crippen LogP contribution in [0.3, 0.4) is 0 Å². The van der Waals surface area contributed by atoms with Crippen LogP contribution in [0.15, 0.2) is 24.3 Å². The van der Waals surface area contributed by atoms with Gasteiger partial charge in [0.1, 0.15) is 5.75 Å². The predicted molar refractivity (Wildman–Crippen MR) is 89.2 cm³/mol. The van der Waals surface area contributed by atoms with Crippen LogP contribution in [0.1, 0.15) is 38.5 Å². The summed E-state index contributed by atoms with van der Waals surface area (Å²) < 4.78 is 28.2. The van der Waals surface area contributed by atoms with E-state index in [0.29, 0.717) is 24.2 Å². The molecule has 0 bridgehead atoms. The summed E-state index contributed by atoms with van der Waals surface area (Å²) in [7, 11) is -2.72. The fourth-order valence-corrected chi connectivity index (χ4v) is 5.02. The fourth-order valence-electron chi connectivity index (χ4n) is 3.35. The highest BCUT2D eigenvalue weighted by Crippen LogP contribution is 2.29. The summed E-state index contributed by atoms with van der Waals surface area (Å²) in [5.41, 5.74) is 1.07. The van der Waals surface area contributed by atoms with Crippen molar-refractivity contribution in [2.24, 2.45) is 5.92 Å². The number of hydrogen-bond acceptors (Lipinski definition) is 4. The molecule has 0 spiro atoms. The number of ether oxygens (including phenoxy) is 1. The van der Waals surface area contributed by atoms with Crippen LogP contribution in [0.25, 0.3) is 0 Å². The smallest absolute Gasteiger partial charge is 0.150 e. The lowest BCUT2D eigenvalue weighted by Gasteiger charge is -2.26. The summed E-state index contributed by atoms with van der Waals surface area (Å²) in [5.74, 6) is 1.83. The molecule has 2 aliphatic rings. The van der Waals surface area contributed by atoms with Crippen LogP contribution in [-0.4, -0.2) is 32.6 Å². The molecule has 2 fully saturated rings. The van der Waals surface area contributed by atoms with Crippen molar-refractivity contribution in [2.75, 3.05) is 23.4 Å². The third-order valence-electron chi connectivity index (χ3n) is 4.61. The quantitative estimate of drug-likeness (QED) is 0.873. The molecule has 22 heavy (non-hydrogen) atoms. The molecule has 0 atom stereocenters. The van der Waals surface area contributed by atoms with Gasteiger partial charge in [0.25, 0.3) is 0 Å². The van der Waals surface area contributed by atoms with E-state index >= 15 is 0 Å². The molecule has 0 radical (unpaired) electrons. The second kappa shape index (κ2) is 6.90. The Morgan fingerprint density at radius 2 is 1.82 bits per heavy atom. The van der Waals surface area contributed by atoms with Crippen LogP contribution in [0, 0.1) is 5.92 Å². The molecule has 4 nitrogen and oxygen atoms in total. The van der Waals surface area contributed by atoms with Gasteiger partial charge in [0.05, 0.1) is 23.8 Å². The molecule has 0 unspecified atom stereocenters. The number of para-hydroxylation sites is 2. The van der Waals surface area contributed by atoms with E-state index in [1.807, 2.05) is 18.2 Å². The second-order valence-electron chi connectivity index (χ2n) is 6.56. The van der Waals surface area contributed by atoms with Gasteiger partial charge in [-0.05, 0) is 37.3 Å². The predicted octanol–water partition coefficient (Wildman–Crippen LogP) is 3.24. The SMILES string of the molecule is O=S1(=O)CC(CCOc2ccccc2NC2CCCCC2)C1. The van der Waals surface area contributed by atoms with Crippen molar-refractivity contribution >= 4 is 15.5 Å². The molecule has 1 aliphatic heterocycles. The van der Waals surface area contributed by atoms with Crippen LogP contribution in [-0.2, 0) is 9.84 Å². The summed E-state index contributed by atoms with van der Waals surface area (Å²) in [6, 6.07) is 8.61. The van der Waals surface area contributed by atoms with Crippen molar-refractivity contribution in [1.29, 1.82) is 0 Å². The van der Waals surface area contributed by atoms with E-state index in [-0.39, 0.29) is 5.92 Å². The first-order valence-corrected chi connectivity index (χ1v) is 10.1. The zero-order valence-electron chi connectivity index (χ0n) is 13.0. The Hall–Kier alpha value is -1.23. The molecule has 1 aliphatic carbocycles. The summed E-state index contributed by atoms with van der Waals surface area (Å²) in [5, 5.41) is 3.61. The molecule has 1 saturated carbocycles. The zero-order valence-corrected chi connectivity index (χ0v) is 13.8. The van der Waals surface area contributed by atoms with E-state index < -0.39 is 9.84 Å². The normalized spacial score (nSPS) is 22.0. The molecule has 1 saturated heterocycles. The van der Waals surface area contributed by atoms with Crippen molar-refractivity contribution in [3.8, 4) is 5.75 Å². The third kappa shape index (κ3) is 4.15. The minimum Gasteiger partial charge on any atom is -0.491 e. The van der Waals surface area contributed by atoms with Crippen LogP contribution in [0.4, 0.5) is 5.69 Å². The first-order valence-electron chi connectivity index (χ1n) is 8.31. The van der Waals surface area contributed by atoms with Gasteiger partial charge in [-0.3, -0.25) is 0 Å². The molecule has 5 heteroatoms. The van der Waals surface area contributed by atoms with Crippen molar-refractivity contribution in [1.82, 2.24) is 0 Å². The maximum absolute atomic E-state index is 11.2. The Labute approximate surface area is 133 Å². The van der Waals surface area contributed by atoms with Gasteiger partial charge >= 0.3 is 0 Å². The van der Waals surface area contributed by atoms with Gasteiger partial charge in [0.2, 0.25) is 0 Å². The van der Waals surface area contributed by atoms with E-state index in [1.165, 1.54) is 32.1 Å². The molecule has 1 aromatic rings. The van der Waals surface area contributed by atoms with Crippen LogP contribution in [0.2, 0.25) is 0 Å². The summed E-state index contributed by atoms with van der Waals surface area (Å²) in [6.45, 7) is 0.587. The number of sulfone groups is 1. The first kappa shape index (κ1) is 15.7. The molecule has 122 valence electrons. The number of benzene rings is 1. The van der Waals surface area contributed by atoms with Gasteiger partial charge in [-0.2, -0.15) is 0 Å². The van der Waals surface area contributed by atoms with Crippen molar-refractivity contribution in [3.05, 3.63) is 24.3 Å². The van der Waals surface area contributed by atoms with Crippen molar-refractivity contribution < 1.29 is 13.2 Å². The Balaban J connectivity index is 1.50. The number of anilines is 1. The van der Waals surface area contributed by atoms with Crippen LogP contribution < -0.4 is 10.1 Å². The minimum atomic E-state index is -2.72. The maximum Gasteiger partial charge on any atom is 0.150 e. The van der Waals surface area contributed by atoms with Gasteiger partial charge in [0.15, 0.2) is 9.84 Å². The number of nitrogens with one attached hydrogen (secondary N) is 1. The number of hydrogen-bond donors (Lipinski definition) is 1. The highest BCUT2D eigenvalue weighted by molar-refractivity contribution is 7.92. The second-order valence-corrected chi connectivity index (χ2v) is 8.71. The standard InChI is InChI=1S/C17H25NO3S/c19-22(20)12-14(13-22)10-11-21-17-9-5-4-8-16(17)18-15-6-2-1-3-7-15/h4-5,8-9,14-15,18H,1-3,6-7,10-13H2. The van der Waals surface area contributed by atoms with E-state index in [2.05, 4.69) is 11.4 Å².